The van der Waals surface area contributed by atoms with Gasteiger partial charge in [0, 0.05) is 18.3 Å². The van der Waals surface area contributed by atoms with Crippen LogP contribution in [0.2, 0.25) is 0 Å². The van der Waals surface area contributed by atoms with Crippen molar-refractivity contribution in [3.05, 3.63) is 59.7 Å². The highest BCUT2D eigenvalue weighted by Gasteiger charge is 2.30. The maximum atomic E-state index is 12.7. The third kappa shape index (κ3) is 3.76. The molecule has 128 valence electrons. The molecule has 5 nitrogen and oxygen atoms in total. The fourth-order valence-corrected chi connectivity index (χ4v) is 3.08. The number of benzene rings is 2. The van der Waals surface area contributed by atoms with E-state index in [1.54, 1.807) is 29.2 Å². The lowest BCUT2D eigenvalue weighted by Gasteiger charge is -2.36. The molecule has 0 fully saturated rings. The third-order valence-corrected chi connectivity index (χ3v) is 4.25. The molecule has 0 bridgehead atoms. The van der Waals surface area contributed by atoms with Crippen LogP contribution in [0.1, 0.15) is 17.2 Å². The van der Waals surface area contributed by atoms with Gasteiger partial charge < -0.3 is 20.1 Å². The number of hydrogen-bond donors (Lipinski definition) is 2. The smallest absolute Gasteiger partial charge is 0.322 e. The van der Waals surface area contributed by atoms with E-state index < -0.39 is 0 Å². The number of aliphatic hydroxyl groups excluding tert-OH is 1. The van der Waals surface area contributed by atoms with Crippen molar-refractivity contribution < 1.29 is 14.6 Å². The first-order chi connectivity index (χ1) is 12.2. The number of terminal acetylenes is 1. The number of aliphatic hydroxyl groups is 1. The van der Waals surface area contributed by atoms with E-state index in [0.29, 0.717) is 18.0 Å². The van der Waals surface area contributed by atoms with E-state index in [4.69, 9.17) is 11.2 Å². The molecule has 25 heavy (non-hydrogen) atoms. The van der Waals surface area contributed by atoms with Crippen LogP contribution < -0.4 is 10.1 Å². The third-order valence-electron chi connectivity index (χ3n) is 4.25. The average Bonchev–Trinajstić information content (AvgIpc) is 2.65. The number of carbonyl (C=O) groups excluding carboxylic acids is 1. The number of anilines is 1. The van der Waals surface area contributed by atoms with Gasteiger partial charge in [-0.05, 0) is 29.7 Å². The van der Waals surface area contributed by atoms with Crippen LogP contribution in [0.4, 0.5) is 10.5 Å². The van der Waals surface area contributed by atoms with Gasteiger partial charge in [0.15, 0.2) is 0 Å². The highest BCUT2D eigenvalue weighted by molar-refractivity contribution is 5.90. The number of nitrogens with zero attached hydrogens (tertiary/aromatic N) is 1. The predicted molar refractivity (Wildman–Crippen MR) is 96.5 cm³/mol. The maximum Gasteiger partial charge on any atom is 0.322 e. The summed E-state index contributed by atoms with van der Waals surface area (Å²) in [6.07, 6.45) is 5.96. The Morgan fingerprint density at radius 2 is 2.16 bits per heavy atom. The summed E-state index contributed by atoms with van der Waals surface area (Å²) in [5.74, 6) is 3.00. The summed E-state index contributed by atoms with van der Waals surface area (Å²) in [6, 6.07) is 14.4. The molecule has 0 saturated carbocycles. The molecule has 1 atom stereocenters. The molecule has 5 heteroatoms. The number of fused-ring (bicyclic) bond motifs is 1. The second-order valence-corrected chi connectivity index (χ2v) is 5.79. The first-order valence-electron chi connectivity index (χ1n) is 8.15. The number of ether oxygens (including phenoxy) is 1. The number of nitrogens with one attached hydrogen (secondary N) is 1. The zero-order valence-corrected chi connectivity index (χ0v) is 13.8. The molecule has 0 saturated heterocycles. The van der Waals surface area contributed by atoms with Crippen molar-refractivity contribution in [2.45, 2.75) is 12.5 Å². The monoisotopic (exact) mass is 336 g/mol. The van der Waals surface area contributed by atoms with Crippen LogP contribution in [-0.2, 0) is 6.42 Å². The molecule has 2 aromatic rings. The van der Waals surface area contributed by atoms with Gasteiger partial charge in [-0.15, -0.1) is 6.42 Å². The van der Waals surface area contributed by atoms with Crippen LogP contribution in [-0.4, -0.2) is 35.8 Å². The molecule has 0 aliphatic carbocycles. The molecule has 0 radical (unpaired) electrons. The Bertz CT molecular complexity index is 798. The van der Waals surface area contributed by atoms with Gasteiger partial charge in [0.2, 0.25) is 0 Å². The Kier molecular flexibility index (Phi) is 5.22. The molecule has 1 aliphatic heterocycles. The number of urea groups is 1. The summed E-state index contributed by atoms with van der Waals surface area (Å²) in [6.45, 7) is 0.615. The van der Waals surface area contributed by atoms with Gasteiger partial charge in [-0.2, -0.15) is 0 Å². The fourth-order valence-electron chi connectivity index (χ4n) is 3.08. The van der Waals surface area contributed by atoms with Gasteiger partial charge in [-0.3, -0.25) is 0 Å². The quantitative estimate of drug-likeness (QED) is 0.844. The Morgan fingerprint density at radius 1 is 1.32 bits per heavy atom. The summed E-state index contributed by atoms with van der Waals surface area (Å²) in [4.78, 5) is 14.4. The zero-order chi connectivity index (χ0) is 17.6. The Balaban J connectivity index is 1.74. The number of hydrogen-bond acceptors (Lipinski definition) is 3. The van der Waals surface area contributed by atoms with Crippen LogP contribution >= 0.6 is 0 Å². The van der Waals surface area contributed by atoms with Crippen LogP contribution in [0.3, 0.4) is 0 Å². The number of carbonyl (C=O) groups is 1. The van der Waals surface area contributed by atoms with Crippen molar-refractivity contribution in [3.8, 4) is 18.1 Å². The largest absolute Gasteiger partial charge is 0.481 e. The van der Waals surface area contributed by atoms with E-state index in [-0.39, 0.29) is 25.3 Å². The van der Waals surface area contributed by atoms with Crippen molar-refractivity contribution in [2.24, 2.45) is 0 Å². The van der Waals surface area contributed by atoms with Crippen molar-refractivity contribution in [1.29, 1.82) is 0 Å². The number of amides is 2. The first-order valence-corrected chi connectivity index (χ1v) is 8.15. The van der Waals surface area contributed by atoms with Crippen LogP contribution in [0.25, 0.3) is 0 Å². The lowest BCUT2D eigenvalue weighted by Crippen LogP contribution is -2.43. The molecule has 0 aromatic heterocycles. The standard InChI is InChI=1S/C20H20N2O3/c1-2-12-25-17-8-5-7-16(13-17)21-20(24)22-11-10-15-6-3-4-9-18(15)19(22)14-23/h1,3-9,13,19,23H,10-12,14H2,(H,21,24). The van der Waals surface area contributed by atoms with Gasteiger partial charge in [-0.1, -0.05) is 36.3 Å². The van der Waals surface area contributed by atoms with Gasteiger partial charge in [0.1, 0.15) is 12.4 Å². The van der Waals surface area contributed by atoms with E-state index in [1.165, 1.54) is 5.56 Å². The molecule has 2 aromatic carbocycles. The van der Waals surface area contributed by atoms with Crippen molar-refractivity contribution in [1.82, 2.24) is 4.90 Å². The van der Waals surface area contributed by atoms with Gasteiger partial charge in [0.05, 0.1) is 12.6 Å². The summed E-state index contributed by atoms with van der Waals surface area (Å²) in [5, 5.41) is 12.7. The Labute approximate surface area is 147 Å². The van der Waals surface area contributed by atoms with Gasteiger partial charge in [-0.25, -0.2) is 4.79 Å². The van der Waals surface area contributed by atoms with E-state index >= 15 is 0 Å². The lowest BCUT2D eigenvalue weighted by molar-refractivity contribution is 0.135. The van der Waals surface area contributed by atoms with Crippen LogP contribution in [0.5, 0.6) is 5.75 Å². The maximum absolute atomic E-state index is 12.7. The van der Waals surface area contributed by atoms with Crippen molar-refractivity contribution in [2.75, 3.05) is 25.1 Å². The van der Waals surface area contributed by atoms with E-state index in [0.717, 1.165) is 12.0 Å². The lowest BCUT2D eigenvalue weighted by atomic mass is 9.93. The molecule has 1 aliphatic rings. The summed E-state index contributed by atoms with van der Waals surface area (Å²) in [5.41, 5.74) is 2.79. The zero-order valence-electron chi connectivity index (χ0n) is 13.8. The second-order valence-electron chi connectivity index (χ2n) is 5.79. The molecule has 2 amide bonds. The van der Waals surface area contributed by atoms with E-state index in [2.05, 4.69) is 11.2 Å². The van der Waals surface area contributed by atoms with E-state index in [9.17, 15) is 9.90 Å². The molecular formula is C20H20N2O3. The Hall–Kier alpha value is -2.97. The van der Waals surface area contributed by atoms with Gasteiger partial charge >= 0.3 is 6.03 Å². The van der Waals surface area contributed by atoms with Crippen molar-refractivity contribution in [3.63, 3.8) is 0 Å². The number of rotatable bonds is 4. The van der Waals surface area contributed by atoms with E-state index in [1.807, 2.05) is 24.3 Å². The van der Waals surface area contributed by atoms with Crippen molar-refractivity contribution >= 4 is 11.7 Å². The highest BCUT2D eigenvalue weighted by atomic mass is 16.5. The topological polar surface area (TPSA) is 61.8 Å². The van der Waals surface area contributed by atoms with Gasteiger partial charge in [0.25, 0.3) is 0 Å². The minimum Gasteiger partial charge on any atom is -0.481 e. The molecule has 1 unspecified atom stereocenters. The first kappa shape index (κ1) is 16.9. The minimum absolute atomic E-state index is 0.115. The van der Waals surface area contributed by atoms with Crippen LogP contribution in [0, 0.1) is 12.3 Å². The average molecular weight is 336 g/mol. The second kappa shape index (κ2) is 7.73. The molecular weight excluding hydrogens is 316 g/mol. The highest BCUT2D eigenvalue weighted by Crippen LogP contribution is 2.30. The summed E-state index contributed by atoms with van der Waals surface area (Å²) >= 11 is 0. The minimum atomic E-state index is -0.342. The fraction of sp³-hybridized carbons (Fsp3) is 0.250. The predicted octanol–water partition coefficient (Wildman–Crippen LogP) is 2.82. The SMILES string of the molecule is C#CCOc1cccc(NC(=O)N2CCc3ccccc3C2CO)c1. The molecule has 2 N–H and O–H groups in total. The summed E-state index contributed by atoms with van der Waals surface area (Å²) in [7, 11) is 0. The molecule has 1 heterocycles. The molecule has 3 rings (SSSR count). The summed E-state index contributed by atoms with van der Waals surface area (Å²) < 4.78 is 5.37. The molecule has 0 spiro atoms. The Morgan fingerprint density at radius 3 is 2.96 bits per heavy atom. The normalized spacial score (nSPS) is 15.8. The van der Waals surface area contributed by atoms with Crippen LogP contribution in [0.15, 0.2) is 48.5 Å².